The number of amides is 1. The van der Waals surface area contributed by atoms with Crippen LogP contribution in [0, 0.1) is 0 Å². The van der Waals surface area contributed by atoms with Gasteiger partial charge in [0.1, 0.15) is 0 Å². The zero-order chi connectivity index (χ0) is 13.7. The highest BCUT2D eigenvalue weighted by atomic mass is 32.2. The van der Waals surface area contributed by atoms with Crippen molar-refractivity contribution in [1.29, 1.82) is 0 Å². The van der Waals surface area contributed by atoms with E-state index < -0.39 is 0 Å². The summed E-state index contributed by atoms with van der Waals surface area (Å²) in [5.74, 6) is 1.26. The first-order chi connectivity index (χ1) is 9.22. The molecule has 5 heteroatoms. The fraction of sp³-hybridized carbons (Fsp3) is 0.571. The number of anilines is 1. The van der Waals surface area contributed by atoms with Crippen molar-refractivity contribution >= 4 is 23.4 Å². The van der Waals surface area contributed by atoms with Crippen LogP contribution in [0.2, 0.25) is 0 Å². The van der Waals surface area contributed by atoms with E-state index in [0.717, 1.165) is 37.6 Å². The Morgan fingerprint density at radius 1 is 1.42 bits per heavy atom. The average molecular weight is 279 g/mol. The van der Waals surface area contributed by atoms with E-state index >= 15 is 0 Å². The van der Waals surface area contributed by atoms with E-state index in [1.165, 1.54) is 0 Å². The molecule has 1 aromatic rings. The van der Waals surface area contributed by atoms with Gasteiger partial charge in [0.05, 0.1) is 17.1 Å². The summed E-state index contributed by atoms with van der Waals surface area (Å²) in [6.07, 6.45) is 3.67. The van der Waals surface area contributed by atoms with Crippen LogP contribution in [-0.2, 0) is 4.79 Å². The van der Waals surface area contributed by atoms with Crippen LogP contribution in [0.1, 0.15) is 13.8 Å². The molecule has 19 heavy (non-hydrogen) atoms. The van der Waals surface area contributed by atoms with Crippen molar-refractivity contribution < 1.29 is 4.79 Å². The van der Waals surface area contributed by atoms with Gasteiger partial charge in [0.25, 0.3) is 0 Å². The molecule has 1 unspecified atom stereocenters. The molecule has 1 amide bonds. The topological polar surface area (TPSA) is 36.4 Å². The number of carbonyl (C=O) groups excluding carboxylic acids is 1. The molecule has 1 fully saturated rings. The number of pyridine rings is 1. The molecule has 0 aromatic carbocycles. The summed E-state index contributed by atoms with van der Waals surface area (Å²) < 4.78 is 0. The standard InChI is InChI=1S/C14H21N3OS/c1-3-19-12(2)14(18)17-9-7-16(8-10-17)13-5-4-6-15-11-13/h4-6,11-12H,3,7-10H2,1-2H3. The van der Waals surface area contributed by atoms with Crippen molar-refractivity contribution in [3.05, 3.63) is 24.5 Å². The number of piperazine rings is 1. The molecule has 1 aromatic heterocycles. The monoisotopic (exact) mass is 279 g/mol. The van der Waals surface area contributed by atoms with E-state index in [-0.39, 0.29) is 11.2 Å². The zero-order valence-electron chi connectivity index (χ0n) is 11.6. The summed E-state index contributed by atoms with van der Waals surface area (Å²) in [6.45, 7) is 7.49. The second-order valence-corrected chi connectivity index (χ2v) is 6.24. The lowest BCUT2D eigenvalue weighted by atomic mass is 10.2. The highest BCUT2D eigenvalue weighted by molar-refractivity contribution is 8.00. The number of nitrogens with zero attached hydrogens (tertiary/aromatic N) is 3. The molecule has 1 aliphatic heterocycles. The predicted octanol–water partition coefficient (Wildman–Crippen LogP) is 1.87. The van der Waals surface area contributed by atoms with Gasteiger partial charge in [-0.05, 0) is 24.8 Å². The Balaban J connectivity index is 1.87. The molecule has 1 atom stereocenters. The summed E-state index contributed by atoms with van der Waals surface area (Å²) in [5, 5.41) is 0.0786. The Hall–Kier alpha value is -1.23. The molecule has 0 aliphatic carbocycles. The van der Waals surface area contributed by atoms with Crippen molar-refractivity contribution in [2.24, 2.45) is 0 Å². The minimum atomic E-state index is 0.0786. The molecule has 104 valence electrons. The maximum atomic E-state index is 12.2. The van der Waals surface area contributed by atoms with Crippen molar-refractivity contribution in [2.75, 3.05) is 36.8 Å². The lowest BCUT2D eigenvalue weighted by molar-refractivity contribution is -0.130. The van der Waals surface area contributed by atoms with Crippen LogP contribution in [-0.4, -0.2) is 53.0 Å². The average Bonchev–Trinajstić information content (AvgIpc) is 2.48. The molecular formula is C14H21N3OS. The Morgan fingerprint density at radius 2 is 2.16 bits per heavy atom. The highest BCUT2D eigenvalue weighted by Crippen LogP contribution is 2.17. The Labute approximate surface area is 119 Å². The summed E-state index contributed by atoms with van der Waals surface area (Å²) >= 11 is 1.72. The van der Waals surface area contributed by atoms with E-state index in [1.54, 1.807) is 18.0 Å². The predicted molar refractivity (Wildman–Crippen MR) is 80.6 cm³/mol. The van der Waals surface area contributed by atoms with E-state index in [9.17, 15) is 4.79 Å². The first-order valence-electron chi connectivity index (χ1n) is 6.77. The van der Waals surface area contributed by atoms with Gasteiger partial charge in [-0.3, -0.25) is 9.78 Å². The third-order valence-corrected chi connectivity index (χ3v) is 4.40. The molecule has 1 aliphatic rings. The van der Waals surface area contributed by atoms with Crippen LogP contribution in [0.15, 0.2) is 24.5 Å². The van der Waals surface area contributed by atoms with Gasteiger partial charge in [0.15, 0.2) is 0 Å². The Morgan fingerprint density at radius 3 is 2.74 bits per heavy atom. The van der Waals surface area contributed by atoms with Gasteiger partial charge in [-0.1, -0.05) is 6.92 Å². The molecule has 0 N–H and O–H groups in total. The number of thioether (sulfide) groups is 1. The van der Waals surface area contributed by atoms with Crippen molar-refractivity contribution in [1.82, 2.24) is 9.88 Å². The summed E-state index contributed by atoms with van der Waals surface area (Å²) in [4.78, 5) is 20.6. The van der Waals surface area contributed by atoms with Crippen molar-refractivity contribution in [2.45, 2.75) is 19.1 Å². The van der Waals surface area contributed by atoms with Gasteiger partial charge in [-0.15, -0.1) is 11.8 Å². The molecule has 0 radical (unpaired) electrons. The molecule has 1 saturated heterocycles. The first kappa shape index (κ1) is 14.2. The smallest absolute Gasteiger partial charge is 0.235 e. The minimum Gasteiger partial charge on any atom is -0.367 e. The quantitative estimate of drug-likeness (QED) is 0.843. The maximum Gasteiger partial charge on any atom is 0.235 e. The molecule has 0 spiro atoms. The largest absolute Gasteiger partial charge is 0.367 e. The van der Waals surface area contributed by atoms with Crippen LogP contribution in [0.4, 0.5) is 5.69 Å². The van der Waals surface area contributed by atoms with Crippen LogP contribution in [0.3, 0.4) is 0 Å². The Kier molecular flexibility index (Phi) is 5.07. The van der Waals surface area contributed by atoms with Crippen LogP contribution in [0.25, 0.3) is 0 Å². The van der Waals surface area contributed by atoms with Gasteiger partial charge in [-0.2, -0.15) is 0 Å². The molecule has 0 saturated carbocycles. The number of hydrogen-bond donors (Lipinski definition) is 0. The van der Waals surface area contributed by atoms with E-state index in [2.05, 4.69) is 22.9 Å². The van der Waals surface area contributed by atoms with E-state index in [4.69, 9.17) is 0 Å². The van der Waals surface area contributed by atoms with Gasteiger partial charge in [0, 0.05) is 32.4 Å². The highest BCUT2D eigenvalue weighted by Gasteiger charge is 2.24. The van der Waals surface area contributed by atoms with Crippen molar-refractivity contribution in [3.63, 3.8) is 0 Å². The third kappa shape index (κ3) is 3.62. The molecule has 0 bridgehead atoms. The van der Waals surface area contributed by atoms with E-state index in [0.29, 0.717) is 0 Å². The minimum absolute atomic E-state index is 0.0786. The lowest BCUT2D eigenvalue weighted by Crippen LogP contribution is -2.50. The van der Waals surface area contributed by atoms with E-state index in [1.807, 2.05) is 24.1 Å². The zero-order valence-corrected chi connectivity index (χ0v) is 12.4. The van der Waals surface area contributed by atoms with Crippen molar-refractivity contribution in [3.8, 4) is 0 Å². The number of carbonyl (C=O) groups is 1. The molecule has 2 heterocycles. The van der Waals surface area contributed by atoms with Crippen LogP contribution < -0.4 is 4.90 Å². The fourth-order valence-electron chi connectivity index (χ4n) is 2.30. The number of hydrogen-bond acceptors (Lipinski definition) is 4. The SMILES string of the molecule is CCSC(C)C(=O)N1CCN(c2cccnc2)CC1. The third-order valence-electron chi connectivity index (χ3n) is 3.37. The summed E-state index contributed by atoms with van der Waals surface area (Å²) in [5.41, 5.74) is 1.14. The second kappa shape index (κ2) is 6.80. The fourth-order valence-corrected chi connectivity index (χ4v) is 3.10. The number of aromatic nitrogens is 1. The molecule has 4 nitrogen and oxygen atoms in total. The van der Waals surface area contributed by atoms with Gasteiger partial charge in [-0.25, -0.2) is 0 Å². The lowest BCUT2D eigenvalue weighted by Gasteiger charge is -2.36. The van der Waals surface area contributed by atoms with Gasteiger partial charge < -0.3 is 9.80 Å². The van der Waals surface area contributed by atoms with Gasteiger partial charge >= 0.3 is 0 Å². The Bertz CT molecular complexity index is 404. The van der Waals surface area contributed by atoms with Gasteiger partial charge in [0.2, 0.25) is 5.91 Å². The normalized spacial score (nSPS) is 17.4. The number of rotatable bonds is 4. The summed E-state index contributed by atoms with van der Waals surface area (Å²) in [6, 6.07) is 4.02. The first-order valence-corrected chi connectivity index (χ1v) is 7.82. The maximum absolute atomic E-state index is 12.2. The van der Waals surface area contributed by atoms with Crippen LogP contribution >= 0.6 is 11.8 Å². The van der Waals surface area contributed by atoms with Crippen LogP contribution in [0.5, 0.6) is 0 Å². The molecule has 2 rings (SSSR count). The molecular weight excluding hydrogens is 258 g/mol. The second-order valence-electron chi connectivity index (χ2n) is 4.62. The summed E-state index contributed by atoms with van der Waals surface area (Å²) in [7, 11) is 0.